The van der Waals surface area contributed by atoms with Gasteiger partial charge in [0.15, 0.2) is 0 Å². The van der Waals surface area contributed by atoms with E-state index in [0.717, 1.165) is 11.1 Å². The Morgan fingerprint density at radius 2 is 1.92 bits per heavy atom. The highest BCUT2D eigenvalue weighted by Crippen LogP contribution is 2.16. The van der Waals surface area contributed by atoms with E-state index in [1.807, 2.05) is 37.3 Å². The van der Waals surface area contributed by atoms with Crippen LogP contribution in [0.3, 0.4) is 0 Å². The number of allylic oxidation sites excluding steroid dienone is 5. The van der Waals surface area contributed by atoms with E-state index in [0.29, 0.717) is 6.54 Å². The van der Waals surface area contributed by atoms with Crippen LogP contribution >= 0.6 is 0 Å². The van der Waals surface area contributed by atoms with Crippen molar-refractivity contribution in [2.75, 3.05) is 27.3 Å². The quantitative estimate of drug-likeness (QED) is 0.490. The lowest BCUT2D eigenvalue weighted by atomic mass is 10.0. The molecule has 1 rings (SSSR count). The maximum absolute atomic E-state index is 13.0. The fourth-order valence-electron chi connectivity index (χ4n) is 1.83. The van der Waals surface area contributed by atoms with Crippen LogP contribution in [0.4, 0.5) is 4.39 Å². The topological polar surface area (TPSA) is 70.6 Å². The Morgan fingerprint density at radius 3 is 2.46 bits per heavy atom. The maximum atomic E-state index is 13.0. The summed E-state index contributed by atoms with van der Waals surface area (Å²) in [5.41, 5.74) is 1.88. The molecule has 0 aliphatic rings. The van der Waals surface area contributed by atoms with Crippen LogP contribution in [0, 0.1) is 5.82 Å². The number of ether oxygens (including phenoxy) is 1. The van der Waals surface area contributed by atoms with Gasteiger partial charge in [-0.2, -0.15) is 0 Å². The van der Waals surface area contributed by atoms with Crippen molar-refractivity contribution in [3.63, 3.8) is 0 Å². The predicted molar refractivity (Wildman–Crippen MR) is 104 cm³/mol. The highest BCUT2D eigenvalue weighted by atomic mass is 19.1. The third-order valence-electron chi connectivity index (χ3n) is 2.95. The number of halogens is 1. The first kappa shape index (κ1) is 23.7. The number of carbonyl (C=O) groups is 1. The largest absolute Gasteiger partial charge is 0.388 e. The van der Waals surface area contributed by atoms with Crippen molar-refractivity contribution in [1.29, 1.82) is 0 Å². The van der Waals surface area contributed by atoms with Gasteiger partial charge in [-0.3, -0.25) is 10.1 Å². The molecule has 26 heavy (non-hydrogen) atoms. The predicted octanol–water partition coefficient (Wildman–Crippen LogP) is 2.65. The minimum absolute atomic E-state index is 0.165. The van der Waals surface area contributed by atoms with Crippen molar-refractivity contribution in [3.8, 4) is 0 Å². The minimum atomic E-state index is -0.792. The number of aliphatic hydroxyl groups excluding tert-OH is 1. The maximum Gasteiger partial charge on any atom is 0.217 e. The highest BCUT2D eigenvalue weighted by molar-refractivity contribution is 5.75. The van der Waals surface area contributed by atoms with Gasteiger partial charge >= 0.3 is 0 Å². The second-order valence-electron chi connectivity index (χ2n) is 5.33. The van der Waals surface area contributed by atoms with Gasteiger partial charge in [-0.1, -0.05) is 42.5 Å². The molecule has 0 aromatic heterocycles. The fourth-order valence-corrected chi connectivity index (χ4v) is 1.83. The Morgan fingerprint density at radius 1 is 1.31 bits per heavy atom. The average Bonchev–Trinajstić information content (AvgIpc) is 2.60. The molecule has 3 N–H and O–H groups in total. The number of aliphatic hydroxyl groups is 1. The Hall–Kier alpha value is -2.28. The molecule has 0 saturated carbocycles. The fraction of sp³-hybridized carbons (Fsp3) is 0.350. The van der Waals surface area contributed by atoms with E-state index >= 15 is 0 Å². The summed E-state index contributed by atoms with van der Waals surface area (Å²) >= 11 is 0. The van der Waals surface area contributed by atoms with Gasteiger partial charge in [0, 0.05) is 27.7 Å². The van der Waals surface area contributed by atoms with E-state index in [9.17, 15) is 14.3 Å². The molecular formula is C20H29FN2O3. The molecule has 6 heteroatoms. The Bertz CT molecular complexity index is 596. The SMILES string of the molecule is COC.C\C=C/C(=C\C=C\CNC(O)CNC(C)=O)c1ccc(F)cc1. The average molecular weight is 364 g/mol. The van der Waals surface area contributed by atoms with Crippen molar-refractivity contribution in [2.24, 2.45) is 0 Å². The van der Waals surface area contributed by atoms with E-state index in [-0.39, 0.29) is 18.3 Å². The molecule has 144 valence electrons. The summed E-state index contributed by atoms with van der Waals surface area (Å²) in [6.45, 7) is 3.94. The van der Waals surface area contributed by atoms with Gasteiger partial charge in [0.05, 0.1) is 6.54 Å². The van der Waals surface area contributed by atoms with Crippen molar-refractivity contribution in [3.05, 3.63) is 66.0 Å². The molecule has 1 aromatic rings. The highest BCUT2D eigenvalue weighted by Gasteiger charge is 2.01. The molecular weight excluding hydrogens is 335 g/mol. The number of rotatable bonds is 8. The zero-order valence-corrected chi connectivity index (χ0v) is 15.8. The van der Waals surface area contributed by atoms with Crippen LogP contribution in [0.25, 0.3) is 5.57 Å². The van der Waals surface area contributed by atoms with Crippen LogP contribution < -0.4 is 10.6 Å². The lowest BCUT2D eigenvalue weighted by Crippen LogP contribution is -2.40. The third-order valence-corrected chi connectivity index (χ3v) is 2.95. The molecule has 0 radical (unpaired) electrons. The van der Waals surface area contributed by atoms with Gasteiger partial charge in [-0.05, 0) is 30.2 Å². The van der Waals surface area contributed by atoms with Gasteiger partial charge in [-0.25, -0.2) is 4.39 Å². The Labute approximate surface area is 155 Å². The Balaban J connectivity index is 0.00000194. The summed E-state index contributed by atoms with van der Waals surface area (Å²) in [4.78, 5) is 10.7. The second kappa shape index (κ2) is 15.0. The summed E-state index contributed by atoms with van der Waals surface area (Å²) in [6.07, 6.45) is 8.69. The molecule has 0 heterocycles. The molecule has 0 saturated heterocycles. The number of nitrogens with one attached hydrogen (secondary N) is 2. The van der Waals surface area contributed by atoms with E-state index in [2.05, 4.69) is 15.4 Å². The van der Waals surface area contributed by atoms with Gasteiger partial charge in [0.2, 0.25) is 5.91 Å². The summed E-state index contributed by atoms with van der Waals surface area (Å²) < 4.78 is 17.2. The minimum Gasteiger partial charge on any atom is -0.388 e. The van der Waals surface area contributed by atoms with Gasteiger partial charge in [0.25, 0.3) is 0 Å². The lowest BCUT2D eigenvalue weighted by Gasteiger charge is -2.11. The van der Waals surface area contributed by atoms with Crippen molar-refractivity contribution < 1.29 is 19.0 Å². The van der Waals surface area contributed by atoms with Crippen LogP contribution in [0.15, 0.2) is 54.6 Å². The number of methoxy groups -OCH3 is 1. The van der Waals surface area contributed by atoms with Gasteiger partial charge < -0.3 is 15.2 Å². The van der Waals surface area contributed by atoms with Crippen LogP contribution in [0.1, 0.15) is 19.4 Å². The lowest BCUT2D eigenvalue weighted by molar-refractivity contribution is -0.119. The molecule has 1 unspecified atom stereocenters. The normalized spacial score (nSPS) is 12.8. The molecule has 0 fully saturated rings. The summed E-state index contributed by atoms with van der Waals surface area (Å²) in [5.74, 6) is -0.443. The van der Waals surface area contributed by atoms with Gasteiger partial charge in [-0.15, -0.1) is 0 Å². The zero-order valence-electron chi connectivity index (χ0n) is 15.8. The van der Waals surface area contributed by atoms with Gasteiger partial charge in [0.1, 0.15) is 12.0 Å². The monoisotopic (exact) mass is 364 g/mol. The smallest absolute Gasteiger partial charge is 0.217 e. The third kappa shape index (κ3) is 12.1. The van der Waals surface area contributed by atoms with E-state index in [1.54, 1.807) is 26.4 Å². The molecule has 1 amide bonds. The first-order valence-corrected chi connectivity index (χ1v) is 8.26. The first-order chi connectivity index (χ1) is 12.4. The second-order valence-corrected chi connectivity index (χ2v) is 5.33. The van der Waals surface area contributed by atoms with E-state index < -0.39 is 6.23 Å². The molecule has 1 aromatic carbocycles. The van der Waals surface area contributed by atoms with Crippen molar-refractivity contribution in [1.82, 2.24) is 10.6 Å². The molecule has 5 nitrogen and oxygen atoms in total. The van der Waals surface area contributed by atoms with Crippen LogP contribution in [0.2, 0.25) is 0 Å². The number of benzene rings is 1. The molecule has 0 bridgehead atoms. The van der Waals surface area contributed by atoms with Crippen molar-refractivity contribution >= 4 is 11.5 Å². The van der Waals surface area contributed by atoms with E-state index in [1.165, 1.54) is 19.1 Å². The van der Waals surface area contributed by atoms with E-state index in [4.69, 9.17) is 0 Å². The summed E-state index contributed by atoms with van der Waals surface area (Å²) in [7, 11) is 3.25. The summed E-state index contributed by atoms with van der Waals surface area (Å²) in [5, 5.41) is 14.9. The molecule has 1 atom stereocenters. The number of hydrogen-bond donors (Lipinski definition) is 3. The number of hydrogen-bond acceptors (Lipinski definition) is 4. The van der Waals surface area contributed by atoms with Crippen molar-refractivity contribution in [2.45, 2.75) is 20.1 Å². The number of carbonyl (C=O) groups excluding carboxylic acids is 1. The van der Waals surface area contributed by atoms with Crippen LogP contribution in [0.5, 0.6) is 0 Å². The van der Waals surface area contributed by atoms with Crippen LogP contribution in [-0.2, 0) is 9.53 Å². The molecule has 0 aliphatic heterocycles. The molecule has 0 spiro atoms. The van der Waals surface area contributed by atoms with Crippen LogP contribution in [-0.4, -0.2) is 44.6 Å². The zero-order chi connectivity index (χ0) is 19.8. The summed E-state index contributed by atoms with van der Waals surface area (Å²) in [6, 6.07) is 6.31. The molecule has 0 aliphatic carbocycles. The first-order valence-electron chi connectivity index (χ1n) is 8.26. The Kier molecular flexibility index (Phi) is 13.7. The number of amides is 1. The standard InChI is InChI=1S/C18H23FN2O2.C2H6O/c1-3-6-15(16-8-10-17(19)11-9-16)7-4-5-12-20-18(23)13-21-14(2)22;1-3-2/h3-11,18,20,23H,12-13H2,1-2H3,(H,21,22);1-2H3/b5-4+,6-3-,15-7+;.